The molecule has 2 atom stereocenters. The van der Waals surface area contributed by atoms with Gasteiger partial charge in [0.2, 0.25) is 0 Å². The number of fused-ring (bicyclic) bond motifs is 5. The van der Waals surface area contributed by atoms with Crippen molar-refractivity contribution in [2.45, 2.75) is 50.6 Å². The lowest BCUT2D eigenvalue weighted by Crippen LogP contribution is -2.46. The topological polar surface area (TPSA) is 29.5 Å². The summed E-state index contributed by atoms with van der Waals surface area (Å²) in [7, 11) is 0. The SMILES string of the molecule is CC1CC2CCC(C1)N2C(=O)OCC1c2ccccc2-c2ccccc21. The molecular weight excluding hydrogens is 322 g/mol. The van der Waals surface area contributed by atoms with Crippen LogP contribution in [0, 0.1) is 5.92 Å². The van der Waals surface area contributed by atoms with Crippen LogP contribution in [0.5, 0.6) is 0 Å². The molecule has 1 amide bonds. The average molecular weight is 347 g/mol. The Balaban J connectivity index is 1.35. The number of carbonyl (C=O) groups excluding carboxylic acids is 1. The van der Waals surface area contributed by atoms with E-state index in [1.807, 2.05) is 4.90 Å². The van der Waals surface area contributed by atoms with Crippen molar-refractivity contribution >= 4 is 6.09 Å². The highest BCUT2D eigenvalue weighted by atomic mass is 16.6. The van der Waals surface area contributed by atoms with Crippen LogP contribution in [-0.4, -0.2) is 29.7 Å². The quantitative estimate of drug-likeness (QED) is 0.747. The van der Waals surface area contributed by atoms with Crippen LogP contribution in [0.3, 0.4) is 0 Å². The molecule has 2 aromatic rings. The molecule has 5 rings (SSSR count). The summed E-state index contributed by atoms with van der Waals surface area (Å²) >= 11 is 0. The van der Waals surface area contributed by atoms with Gasteiger partial charge in [0.05, 0.1) is 0 Å². The third-order valence-electron chi connectivity index (χ3n) is 6.52. The molecule has 2 unspecified atom stereocenters. The predicted molar refractivity (Wildman–Crippen MR) is 102 cm³/mol. The van der Waals surface area contributed by atoms with E-state index in [9.17, 15) is 4.79 Å². The Morgan fingerprint density at radius 3 is 2.08 bits per heavy atom. The van der Waals surface area contributed by atoms with Gasteiger partial charge in [-0.25, -0.2) is 4.79 Å². The molecule has 0 N–H and O–H groups in total. The zero-order valence-corrected chi connectivity index (χ0v) is 15.2. The number of benzene rings is 2. The van der Waals surface area contributed by atoms with Crippen LogP contribution in [0.2, 0.25) is 0 Å². The minimum Gasteiger partial charge on any atom is -0.448 e. The lowest BCUT2D eigenvalue weighted by molar-refractivity contribution is 0.0582. The molecule has 3 aliphatic rings. The molecular formula is C23H25NO2. The maximum atomic E-state index is 12.8. The fourth-order valence-corrected chi connectivity index (χ4v) is 5.42. The van der Waals surface area contributed by atoms with E-state index in [0.717, 1.165) is 31.6 Å². The Labute approximate surface area is 155 Å². The first-order valence-electron chi connectivity index (χ1n) is 9.85. The van der Waals surface area contributed by atoms with E-state index in [-0.39, 0.29) is 12.0 Å². The van der Waals surface area contributed by atoms with Gasteiger partial charge in [-0.05, 0) is 53.9 Å². The number of hydrogen-bond acceptors (Lipinski definition) is 2. The fraction of sp³-hybridized carbons (Fsp3) is 0.435. The fourth-order valence-electron chi connectivity index (χ4n) is 5.42. The molecule has 2 heterocycles. The second-order valence-corrected chi connectivity index (χ2v) is 8.17. The number of hydrogen-bond donors (Lipinski definition) is 0. The molecule has 26 heavy (non-hydrogen) atoms. The van der Waals surface area contributed by atoms with Gasteiger partial charge in [0, 0.05) is 18.0 Å². The van der Waals surface area contributed by atoms with E-state index in [2.05, 4.69) is 55.5 Å². The summed E-state index contributed by atoms with van der Waals surface area (Å²) in [6, 6.07) is 17.8. The summed E-state index contributed by atoms with van der Waals surface area (Å²) in [6.45, 7) is 2.73. The number of carbonyl (C=O) groups is 1. The molecule has 3 nitrogen and oxygen atoms in total. The van der Waals surface area contributed by atoms with Crippen LogP contribution < -0.4 is 0 Å². The van der Waals surface area contributed by atoms with Crippen LogP contribution in [-0.2, 0) is 4.74 Å². The highest BCUT2D eigenvalue weighted by Gasteiger charge is 2.43. The van der Waals surface area contributed by atoms with Crippen molar-refractivity contribution in [3.63, 3.8) is 0 Å². The van der Waals surface area contributed by atoms with Gasteiger partial charge in [-0.15, -0.1) is 0 Å². The third-order valence-corrected chi connectivity index (χ3v) is 6.52. The molecule has 2 aliphatic heterocycles. The second-order valence-electron chi connectivity index (χ2n) is 8.17. The summed E-state index contributed by atoms with van der Waals surface area (Å²) in [5.74, 6) is 0.873. The smallest absolute Gasteiger partial charge is 0.410 e. The Bertz CT molecular complexity index is 786. The largest absolute Gasteiger partial charge is 0.448 e. The first-order valence-corrected chi connectivity index (χ1v) is 9.85. The van der Waals surface area contributed by atoms with Crippen molar-refractivity contribution in [3.05, 3.63) is 59.7 Å². The van der Waals surface area contributed by atoms with Gasteiger partial charge in [0.25, 0.3) is 0 Å². The van der Waals surface area contributed by atoms with E-state index in [4.69, 9.17) is 4.74 Å². The molecule has 1 aliphatic carbocycles. The summed E-state index contributed by atoms with van der Waals surface area (Å²) < 4.78 is 5.88. The van der Waals surface area contributed by atoms with Crippen molar-refractivity contribution in [2.75, 3.05) is 6.61 Å². The van der Waals surface area contributed by atoms with Gasteiger partial charge in [-0.1, -0.05) is 55.5 Å². The highest BCUT2D eigenvalue weighted by molar-refractivity contribution is 5.79. The minimum absolute atomic E-state index is 0.105. The first-order chi connectivity index (χ1) is 12.7. The molecule has 2 bridgehead atoms. The van der Waals surface area contributed by atoms with Gasteiger partial charge in [0.1, 0.15) is 6.61 Å². The molecule has 0 aromatic heterocycles. The monoisotopic (exact) mass is 347 g/mol. The normalized spacial score (nSPS) is 26.5. The Morgan fingerprint density at radius 2 is 1.50 bits per heavy atom. The molecule has 0 saturated carbocycles. The standard InChI is InChI=1S/C23H25NO2/c1-15-12-16-10-11-17(13-15)24(16)23(25)26-14-22-20-8-4-2-6-18(20)19-7-3-5-9-21(19)22/h2-9,15-17,22H,10-14H2,1H3. The van der Waals surface area contributed by atoms with Crippen LogP contribution in [0.25, 0.3) is 11.1 Å². The predicted octanol–water partition coefficient (Wildman–Crippen LogP) is 5.20. The summed E-state index contributed by atoms with van der Waals surface area (Å²) in [5.41, 5.74) is 5.10. The van der Waals surface area contributed by atoms with E-state index >= 15 is 0 Å². The Hall–Kier alpha value is -2.29. The zero-order valence-electron chi connectivity index (χ0n) is 15.2. The van der Waals surface area contributed by atoms with Gasteiger partial charge in [-0.3, -0.25) is 0 Å². The molecule has 0 radical (unpaired) electrons. The molecule has 2 aromatic carbocycles. The zero-order chi connectivity index (χ0) is 17.7. The number of amides is 1. The van der Waals surface area contributed by atoms with Crippen molar-refractivity contribution < 1.29 is 9.53 Å². The first kappa shape index (κ1) is 15.9. The maximum absolute atomic E-state index is 12.8. The molecule has 2 saturated heterocycles. The second kappa shape index (κ2) is 6.15. The van der Waals surface area contributed by atoms with Gasteiger partial charge < -0.3 is 9.64 Å². The van der Waals surface area contributed by atoms with Crippen LogP contribution >= 0.6 is 0 Å². The number of nitrogens with zero attached hydrogens (tertiary/aromatic N) is 1. The van der Waals surface area contributed by atoms with Crippen molar-refractivity contribution in [1.29, 1.82) is 0 Å². The lowest BCUT2D eigenvalue weighted by Gasteiger charge is -2.37. The van der Waals surface area contributed by atoms with E-state index < -0.39 is 0 Å². The van der Waals surface area contributed by atoms with E-state index in [1.165, 1.54) is 22.3 Å². The number of ether oxygens (including phenoxy) is 1. The minimum atomic E-state index is -0.105. The lowest BCUT2D eigenvalue weighted by atomic mass is 9.93. The van der Waals surface area contributed by atoms with Crippen LogP contribution in [0.4, 0.5) is 4.79 Å². The van der Waals surface area contributed by atoms with Gasteiger partial charge >= 0.3 is 6.09 Å². The molecule has 2 fully saturated rings. The number of rotatable bonds is 2. The maximum Gasteiger partial charge on any atom is 0.410 e. The molecule has 3 heteroatoms. The summed E-state index contributed by atoms with van der Waals surface area (Å²) in [4.78, 5) is 14.9. The third kappa shape index (κ3) is 2.45. The van der Waals surface area contributed by atoms with Crippen molar-refractivity contribution in [1.82, 2.24) is 4.90 Å². The summed E-state index contributed by atoms with van der Waals surface area (Å²) in [5, 5.41) is 0. The van der Waals surface area contributed by atoms with E-state index in [0.29, 0.717) is 18.7 Å². The molecule has 0 spiro atoms. The van der Waals surface area contributed by atoms with Crippen LogP contribution in [0.15, 0.2) is 48.5 Å². The van der Waals surface area contributed by atoms with Crippen molar-refractivity contribution in [3.8, 4) is 11.1 Å². The average Bonchev–Trinajstić information content (AvgIpc) is 3.12. The van der Waals surface area contributed by atoms with Gasteiger partial charge in [-0.2, -0.15) is 0 Å². The highest BCUT2D eigenvalue weighted by Crippen LogP contribution is 2.45. The Kier molecular flexibility index (Phi) is 3.77. The van der Waals surface area contributed by atoms with Crippen LogP contribution in [0.1, 0.15) is 49.7 Å². The van der Waals surface area contributed by atoms with Gasteiger partial charge in [0.15, 0.2) is 0 Å². The van der Waals surface area contributed by atoms with E-state index in [1.54, 1.807) is 0 Å². The Morgan fingerprint density at radius 1 is 0.962 bits per heavy atom. The number of piperidine rings is 1. The molecule has 134 valence electrons. The summed E-state index contributed by atoms with van der Waals surface area (Å²) in [6.07, 6.45) is 4.42. The van der Waals surface area contributed by atoms with Crippen molar-refractivity contribution in [2.24, 2.45) is 5.92 Å².